The second kappa shape index (κ2) is 11.1. The zero-order valence-electron chi connectivity index (χ0n) is 18.3. The Balaban J connectivity index is 1.72. The summed E-state index contributed by atoms with van der Waals surface area (Å²) in [6, 6.07) is 19.9. The summed E-state index contributed by atoms with van der Waals surface area (Å²) < 4.78 is 38.6. The molecule has 3 aromatic carbocycles. The Morgan fingerprint density at radius 2 is 1.70 bits per heavy atom. The average Bonchev–Trinajstić information content (AvgIpc) is 2.81. The van der Waals surface area contributed by atoms with Gasteiger partial charge in [0.1, 0.15) is 24.7 Å². The maximum atomic E-state index is 13.4. The van der Waals surface area contributed by atoms with Crippen LogP contribution in [0.5, 0.6) is 11.5 Å². The molecule has 33 heavy (non-hydrogen) atoms. The zero-order valence-corrected chi connectivity index (χ0v) is 19.9. The number of anilines is 1. The number of sulfonamides is 1. The van der Waals surface area contributed by atoms with Gasteiger partial charge in [0.05, 0.1) is 24.2 Å². The van der Waals surface area contributed by atoms with Crippen LogP contribution >= 0.6 is 11.6 Å². The van der Waals surface area contributed by atoms with E-state index in [4.69, 9.17) is 21.1 Å². The molecule has 7 nitrogen and oxygen atoms in total. The van der Waals surface area contributed by atoms with Crippen molar-refractivity contribution in [2.45, 2.75) is 11.8 Å². The zero-order chi connectivity index (χ0) is 23.8. The fourth-order valence-electron chi connectivity index (χ4n) is 2.99. The number of nitrogens with one attached hydrogen (secondary N) is 1. The Labute approximate surface area is 198 Å². The SMILES string of the molecule is COc1cccc(N(CC(=O)NCCOc2ccc(Cl)cc2)S(=O)(=O)c2ccc(C)cc2)c1. The van der Waals surface area contributed by atoms with E-state index in [1.165, 1.54) is 19.2 Å². The van der Waals surface area contributed by atoms with Gasteiger partial charge in [-0.1, -0.05) is 35.4 Å². The maximum Gasteiger partial charge on any atom is 0.264 e. The van der Waals surface area contributed by atoms with Gasteiger partial charge < -0.3 is 14.8 Å². The lowest BCUT2D eigenvalue weighted by molar-refractivity contribution is -0.119. The van der Waals surface area contributed by atoms with E-state index < -0.39 is 22.5 Å². The minimum Gasteiger partial charge on any atom is -0.497 e. The molecule has 0 aliphatic heterocycles. The van der Waals surface area contributed by atoms with Crippen molar-refractivity contribution in [3.63, 3.8) is 0 Å². The van der Waals surface area contributed by atoms with Crippen molar-refractivity contribution in [1.29, 1.82) is 0 Å². The van der Waals surface area contributed by atoms with Gasteiger partial charge in [-0.15, -0.1) is 0 Å². The van der Waals surface area contributed by atoms with Gasteiger partial charge in [-0.2, -0.15) is 0 Å². The van der Waals surface area contributed by atoms with Crippen LogP contribution in [0.2, 0.25) is 5.02 Å². The molecule has 0 aliphatic carbocycles. The van der Waals surface area contributed by atoms with E-state index in [0.29, 0.717) is 22.2 Å². The molecule has 3 rings (SSSR count). The molecule has 1 amide bonds. The Morgan fingerprint density at radius 1 is 1.00 bits per heavy atom. The molecule has 0 spiro atoms. The number of amides is 1. The van der Waals surface area contributed by atoms with Crippen LogP contribution < -0.4 is 19.1 Å². The van der Waals surface area contributed by atoms with Crippen molar-refractivity contribution in [3.05, 3.63) is 83.4 Å². The molecule has 0 radical (unpaired) electrons. The Bertz CT molecular complexity index is 1180. The topological polar surface area (TPSA) is 84.9 Å². The maximum absolute atomic E-state index is 13.4. The summed E-state index contributed by atoms with van der Waals surface area (Å²) in [6.45, 7) is 1.90. The molecule has 0 aliphatic rings. The van der Waals surface area contributed by atoms with E-state index in [1.807, 2.05) is 6.92 Å². The molecule has 0 heterocycles. The minimum atomic E-state index is -4.00. The number of hydrogen-bond acceptors (Lipinski definition) is 5. The predicted octanol–water partition coefficient (Wildman–Crippen LogP) is 4.05. The molecule has 0 unspecified atom stereocenters. The summed E-state index contributed by atoms with van der Waals surface area (Å²) >= 11 is 5.85. The number of carbonyl (C=O) groups excluding carboxylic acids is 1. The fraction of sp³-hybridized carbons (Fsp3) is 0.208. The molecule has 0 fully saturated rings. The summed E-state index contributed by atoms with van der Waals surface area (Å²) in [7, 11) is -2.50. The molecule has 1 N–H and O–H groups in total. The molecule has 0 bridgehead atoms. The molecule has 0 atom stereocenters. The van der Waals surface area contributed by atoms with E-state index in [2.05, 4.69) is 5.32 Å². The highest BCUT2D eigenvalue weighted by Gasteiger charge is 2.27. The lowest BCUT2D eigenvalue weighted by atomic mass is 10.2. The Kier molecular flexibility index (Phi) is 8.19. The van der Waals surface area contributed by atoms with Gasteiger partial charge in [0.15, 0.2) is 0 Å². The molecule has 9 heteroatoms. The van der Waals surface area contributed by atoms with E-state index in [0.717, 1.165) is 9.87 Å². The van der Waals surface area contributed by atoms with Gasteiger partial charge in [0.25, 0.3) is 10.0 Å². The molecule has 0 aromatic heterocycles. The van der Waals surface area contributed by atoms with Gasteiger partial charge in [-0.05, 0) is 55.5 Å². The first-order valence-electron chi connectivity index (χ1n) is 10.2. The number of ether oxygens (including phenoxy) is 2. The van der Waals surface area contributed by atoms with E-state index >= 15 is 0 Å². The Morgan fingerprint density at radius 3 is 2.36 bits per heavy atom. The van der Waals surface area contributed by atoms with Gasteiger partial charge in [-0.25, -0.2) is 8.42 Å². The van der Waals surface area contributed by atoms with Crippen molar-refractivity contribution >= 4 is 33.2 Å². The third kappa shape index (κ3) is 6.63. The van der Waals surface area contributed by atoms with Crippen molar-refractivity contribution in [3.8, 4) is 11.5 Å². The number of carbonyl (C=O) groups is 1. The first-order valence-corrected chi connectivity index (χ1v) is 12.0. The number of hydrogen-bond donors (Lipinski definition) is 1. The van der Waals surface area contributed by atoms with Crippen LogP contribution in [0.3, 0.4) is 0 Å². The quantitative estimate of drug-likeness (QED) is 0.435. The van der Waals surface area contributed by atoms with Gasteiger partial charge in [-0.3, -0.25) is 9.10 Å². The molecule has 0 saturated heterocycles. The number of rotatable bonds is 10. The van der Waals surface area contributed by atoms with Crippen LogP contribution in [-0.4, -0.2) is 41.1 Å². The van der Waals surface area contributed by atoms with Gasteiger partial charge >= 0.3 is 0 Å². The largest absolute Gasteiger partial charge is 0.497 e. The molecule has 3 aromatic rings. The molecule has 0 saturated carbocycles. The second-order valence-corrected chi connectivity index (χ2v) is 9.48. The number of aryl methyl sites for hydroxylation is 1. The van der Waals surface area contributed by atoms with Crippen molar-refractivity contribution in [2.75, 3.05) is 31.1 Å². The third-order valence-corrected chi connectivity index (χ3v) is 6.78. The highest BCUT2D eigenvalue weighted by molar-refractivity contribution is 7.92. The number of nitrogens with zero attached hydrogens (tertiary/aromatic N) is 1. The lowest BCUT2D eigenvalue weighted by Crippen LogP contribution is -2.41. The van der Waals surface area contributed by atoms with Crippen LogP contribution in [0.25, 0.3) is 0 Å². The smallest absolute Gasteiger partial charge is 0.264 e. The van der Waals surface area contributed by atoms with Crippen molar-refractivity contribution < 1.29 is 22.7 Å². The Hall–Kier alpha value is -3.23. The van der Waals surface area contributed by atoms with E-state index in [-0.39, 0.29) is 18.0 Å². The molecule has 174 valence electrons. The summed E-state index contributed by atoms with van der Waals surface area (Å²) in [5.41, 5.74) is 1.25. The van der Waals surface area contributed by atoms with E-state index in [9.17, 15) is 13.2 Å². The molecular formula is C24H25ClN2O5S. The standard InChI is InChI=1S/C24H25ClN2O5S/c1-18-6-12-23(13-7-18)33(29,30)27(20-4-3-5-22(16-20)31-2)17-24(28)26-14-15-32-21-10-8-19(25)9-11-21/h3-13,16H,14-15,17H2,1-2H3,(H,26,28). The number of methoxy groups -OCH3 is 1. The predicted molar refractivity (Wildman–Crippen MR) is 129 cm³/mol. The average molecular weight is 489 g/mol. The fourth-order valence-corrected chi connectivity index (χ4v) is 4.53. The first kappa shape index (κ1) is 24.4. The summed E-state index contributed by atoms with van der Waals surface area (Å²) in [5.74, 6) is 0.634. The number of benzene rings is 3. The minimum absolute atomic E-state index is 0.0924. The summed E-state index contributed by atoms with van der Waals surface area (Å²) in [4.78, 5) is 12.7. The lowest BCUT2D eigenvalue weighted by Gasteiger charge is -2.24. The van der Waals surface area contributed by atoms with Crippen LogP contribution in [0.4, 0.5) is 5.69 Å². The van der Waals surface area contributed by atoms with Crippen LogP contribution in [-0.2, 0) is 14.8 Å². The van der Waals surface area contributed by atoms with Gasteiger partial charge in [0, 0.05) is 11.1 Å². The van der Waals surface area contributed by atoms with Crippen molar-refractivity contribution in [1.82, 2.24) is 5.32 Å². The third-order valence-electron chi connectivity index (χ3n) is 4.74. The summed E-state index contributed by atoms with van der Waals surface area (Å²) in [6.07, 6.45) is 0. The second-order valence-electron chi connectivity index (χ2n) is 7.18. The van der Waals surface area contributed by atoms with Crippen LogP contribution in [0, 0.1) is 6.92 Å². The summed E-state index contributed by atoms with van der Waals surface area (Å²) in [5, 5.41) is 3.30. The molecular weight excluding hydrogens is 464 g/mol. The monoisotopic (exact) mass is 488 g/mol. The normalized spacial score (nSPS) is 11.0. The highest BCUT2D eigenvalue weighted by atomic mass is 35.5. The van der Waals surface area contributed by atoms with E-state index in [1.54, 1.807) is 60.7 Å². The highest BCUT2D eigenvalue weighted by Crippen LogP contribution is 2.27. The first-order chi connectivity index (χ1) is 15.8. The van der Waals surface area contributed by atoms with Crippen LogP contribution in [0.15, 0.2) is 77.7 Å². The number of halogens is 1. The van der Waals surface area contributed by atoms with Crippen LogP contribution in [0.1, 0.15) is 5.56 Å². The van der Waals surface area contributed by atoms with Crippen molar-refractivity contribution in [2.24, 2.45) is 0 Å². The van der Waals surface area contributed by atoms with Gasteiger partial charge in [0.2, 0.25) is 5.91 Å².